The Morgan fingerprint density at radius 2 is 2.10 bits per heavy atom. The number of alkyl halides is 3. The average Bonchev–Trinajstić information content (AvgIpc) is 3.49. The molecule has 1 saturated heterocycles. The lowest BCUT2D eigenvalue weighted by atomic mass is 10.0. The minimum Gasteiger partial charge on any atom is -0.463 e. The Morgan fingerprint density at radius 3 is 2.77 bits per heavy atom. The van der Waals surface area contributed by atoms with Crippen LogP contribution in [0.3, 0.4) is 0 Å². The van der Waals surface area contributed by atoms with Crippen LogP contribution in [0.2, 0.25) is 0 Å². The molecule has 3 heterocycles. The van der Waals surface area contributed by atoms with Crippen LogP contribution in [-0.2, 0) is 11.0 Å². The first kappa shape index (κ1) is 20.7. The summed E-state index contributed by atoms with van der Waals surface area (Å²) in [6.45, 7) is 0.566. The maximum absolute atomic E-state index is 13.2. The van der Waals surface area contributed by atoms with E-state index < -0.39 is 23.7 Å². The number of halogens is 3. The van der Waals surface area contributed by atoms with E-state index in [-0.39, 0.29) is 23.7 Å². The second-order valence-corrected chi connectivity index (χ2v) is 7.24. The molecule has 7 nitrogen and oxygen atoms in total. The van der Waals surface area contributed by atoms with Crippen LogP contribution >= 0.6 is 0 Å². The van der Waals surface area contributed by atoms with Crippen molar-refractivity contribution in [2.75, 3.05) is 13.1 Å². The van der Waals surface area contributed by atoms with E-state index in [9.17, 15) is 22.8 Å². The fourth-order valence-electron chi connectivity index (χ4n) is 3.51. The van der Waals surface area contributed by atoms with Gasteiger partial charge in [-0.1, -0.05) is 12.1 Å². The number of hydrogen-bond acceptors (Lipinski definition) is 4. The Kier molecular flexibility index (Phi) is 5.53. The molecule has 1 aliphatic heterocycles. The SMILES string of the molecule is O=C(N[C@H](CN1CCCC1=O)c1cccc(C(F)(F)F)c1)c1cc(-c2ccco2)[nH]n1. The van der Waals surface area contributed by atoms with E-state index in [0.29, 0.717) is 30.8 Å². The van der Waals surface area contributed by atoms with E-state index in [1.54, 1.807) is 17.0 Å². The zero-order chi connectivity index (χ0) is 22.0. The topological polar surface area (TPSA) is 91.2 Å². The molecule has 2 aromatic heterocycles. The number of hydrogen-bond donors (Lipinski definition) is 2. The van der Waals surface area contributed by atoms with E-state index in [4.69, 9.17) is 4.42 Å². The molecule has 2 N–H and O–H groups in total. The van der Waals surface area contributed by atoms with Gasteiger partial charge in [0.1, 0.15) is 5.69 Å². The average molecular weight is 432 g/mol. The van der Waals surface area contributed by atoms with E-state index in [1.807, 2.05) is 0 Å². The number of aromatic amines is 1. The second-order valence-electron chi connectivity index (χ2n) is 7.24. The predicted octanol–water partition coefficient (Wildman–Crippen LogP) is 3.78. The first-order valence-electron chi connectivity index (χ1n) is 9.66. The number of carbonyl (C=O) groups is 2. The van der Waals surface area contributed by atoms with Gasteiger partial charge in [0.25, 0.3) is 5.91 Å². The maximum Gasteiger partial charge on any atom is 0.416 e. The highest BCUT2D eigenvalue weighted by molar-refractivity contribution is 5.93. The van der Waals surface area contributed by atoms with Crippen LogP contribution in [-0.4, -0.2) is 40.0 Å². The number of furan rings is 1. The number of nitrogens with zero attached hydrogens (tertiary/aromatic N) is 2. The molecule has 10 heteroatoms. The molecule has 1 aliphatic rings. The molecule has 0 unspecified atom stereocenters. The van der Waals surface area contributed by atoms with Crippen LogP contribution in [0.5, 0.6) is 0 Å². The number of nitrogens with one attached hydrogen (secondary N) is 2. The largest absolute Gasteiger partial charge is 0.463 e. The molecule has 0 radical (unpaired) electrons. The fraction of sp³-hybridized carbons (Fsp3) is 0.286. The second kappa shape index (κ2) is 8.29. The first-order chi connectivity index (χ1) is 14.8. The van der Waals surface area contributed by atoms with E-state index in [2.05, 4.69) is 15.5 Å². The van der Waals surface area contributed by atoms with Crippen LogP contribution in [0.25, 0.3) is 11.5 Å². The van der Waals surface area contributed by atoms with Gasteiger partial charge < -0.3 is 14.6 Å². The van der Waals surface area contributed by atoms with Gasteiger partial charge in [0, 0.05) is 25.6 Å². The van der Waals surface area contributed by atoms with Crippen molar-refractivity contribution < 1.29 is 27.2 Å². The first-order valence-corrected chi connectivity index (χ1v) is 9.66. The molecule has 0 bridgehead atoms. The maximum atomic E-state index is 13.2. The molecule has 1 atom stereocenters. The van der Waals surface area contributed by atoms with Gasteiger partial charge in [0.2, 0.25) is 5.91 Å². The van der Waals surface area contributed by atoms with Crippen molar-refractivity contribution in [3.63, 3.8) is 0 Å². The number of H-pyrrole nitrogens is 1. The minimum atomic E-state index is -4.52. The normalized spacial score (nSPS) is 15.3. The van der Waals surface area contributed by atoms with Gasteiger partial charge in [0.15, 0.2) is 11.5 Å². The van der Waals surface area contributed by atoms with Crippen molar-refractivity contribution in [2.24, 2.45) is 0 Å². The van der Waals surface area contributed by atoms with Crippen molar-refractivity contribution in [3.05, 3.63) is 65.5 Å². The monoisotopic (exact) mass is 432 g/mol. The number of amides is 2. The smallest absolute Gasteiger partial charge is 0.416 e. The number of aromatic nitrogens is 2. The van der Waals surface area contributed by atoms with E-state index >= 15 is 0 Å². The summed E-state index contributed by atoms with van der Waals surface area (Å²) in [6.07, 6.45) is -1.98. The van der Waals surface area contributed by atoms with Crippen molar-refractivity contribution in [2.45, 2.75) is 25.1 Å². The number of likely N-dealkylation sites (tertiary alicyclic amines) is 1. The van der Waals surface area contributed by atoms with Crippen LogP contribution in [0, 0.1) is 0 Å². The Bertz CT molecular complexity index is 1080. The van der Waals surface area contributed by atoms with Gasteiger partial charge >= 0.3 is 6.18 Å². The van der Waals surface area contributed by atoms with Crippen molar-refractivity contribution in [1.82, 2.24) is 20.4 Å². The van der Waals surface area contributed by atoms with Crippen molar-refractivity contribution in [1.29, 1.82) is 0 Å². The molecule has 3 aromatic rings. The van der Waals surface area contributed by atoms with Crippen molar-refractivity contribution in [3.8, 4) is 11.5 Å². The van der Waals surface area contributed by atoms with Crippen LogP contribution in [0.1, 0.15) is 40.5 Å². The van der Waals surface area contributed by atoms with Crippen LogP contribution in [0.15, 0.2) is 53.1 Å². The highest BCUT2D eigenvalue weighted by Crippen LogP contribution is 2.31. The fourth-order valence-corrected chi connectivity index (χ4v) is 3.51. The number of benzene rings is 1. The molecule has 0 spiro atoms. The summed E-state index contributed by atoms with van der Waals surface area (Å²) in [6, 6.07) is 8.77. The molecule has 1 fully saturated rings. The zero-order valence-corrected chi connectivity index (χ0v) is 16.3. The third-order valence-corrected chi connectivity index (χ3v) is 5.09. The molecule has 0 saturated carbocycles. The molecule has 2 amide bonds. The molecular weight excluding hydrogens is 413 g/mol. The summed E-state index contributed by atoms with van der Waals surface area (Å²) >= 11 is 0. The summed E-state index contributed by atoms with van der Waals surface area (Å²) in [5, 5.41) is 9.38. The zero-order valence-electron chi connectivity index (χ0n) is 16.3. The quantitative estimate of drug-likeness (QED) is 0.620. The molecular formula is C21H19F3N4O3. The Hall–Kier alpha value is -3.56. The Morgan fingerprint density at radius 1 is 1.26 bits per heavy atom. The summed E-state index contributed by atoms with van der Waals surface area (Å²) in [5.74, 6) is -0.183. The molecule has 0 aliphatic carbocycles. The van der Waals surface area contributed by atoms with Gasteiger partial charge in [-0.05, 0) is 36.2 Å². The summed E-state index contributed by atoms with van der Waals surface area (Å²) in [5.41, 5.74) is -0.0295. The lowest BCUT2D eigenvalue weighted by Crippen LogP contribution is -2.38. The molecule has 162 valence electrons. The molecule has 4 rings (SSSR count). The summed E-state index contributed by atoms with van der Waals surface area (Å²) in [7, 11) is 0. The van der Waals surface area contributed by atoms with Gasteiger partial charge in [-0.3, -0.25) is 14.7 Å². The highest BCUT2D eigenvalue weighted by atomic mass is 19.4. The number of carbonyl (C=O) groups excluding carboxylic acids is 2. The third kappa shape index (κ3) is 4.62. The van der Waals surface area contributed by atoms with Gasteiger partial charge in [0.05, 0.1) is 17.9 Å². The van der Waals surface area contributed by atoms with Crippen LogP contribution < -0.4 is 5.32 Å². The molecule has 1 aromatic carbocycles. The van der Waals surface area contributed by atoms with Gasteiger partial charge in [-0.25, -0.2) is 0 Å². The van der Waals surface area contributed by atoms with Gasteiger partial charge in [-0.15, -0.1) is 0 Å². The van der Waals surface area contributed by atoms with Crippen molar-refractivity contribution >= 4 is 11.8 Å². The van der Waals surface area contributed by atoms with Crippen LogP contribution in [0.4, 0.5) is 13.2 Å². The lowest BCUT2D eigenvalue weighted by molar-refractivity contribution is -0.137. The van der Waals surface area contributed by atoms with E-state index in [1.165, 1.54) is 24.5 Å². The Balaban J connectivity index is 1.58. The standard InChI is InChI=1S/C21H19F3N4O3/c22-21(23,24)14-5-1-4-13(10-14)17(12-28-8-2-7-19(28)29)25-20(30)16-11-15(26-27-16)18-6-3-9-31-18/h1,3-6,9-11,17H,2,7-8,12H2,(H,25,30)(H,26,27)/t17-/m1/s1. The number of rotatable bonds is 6. The Labute approximate surface area is 175 Å². The molecule has 31 heavy (non-hydrogen) atoms. The van der Waals surface area contributed by atoms with Gasteiger partial charge in [-0.2, -0.15) is 18.3 Å². The van der Waals surface area contributed by atoms with E-state index in [0.717, 1.165) is 12.1 Å². The summed E-state index contributed by atoms with van der Waals surface area (Å²) < 4.78 is 44.8. The highest BCUT2D eigenvalue weighted by Gasteiger charge is 2.32. The minimum absolute atomic E-state index is 0.0520. The summed E-state index contributed by atoms with van der Waals surface area (Å²) in [4.78, 5) is 26.4. The third-order valence-electron chi connectivity index (χ3n) is 5.09. The predicted molar refractivity (Wildman–Crippen MR) is 104 cm³/mol. The lowest BCUT2D eigenvalue weighted by Gasteiger charge is -2.25.